The maximum atomic E-state index is 11.8. The molecule has 0 atom stereocenters. The Morgan fingerprint density at radius 2 is 2.19 bits per heavy atom. The number of carbonyl (C=O) groups excluding carboxylic acids is 2. The quantitative estimate of drug-likeness (QED) is 0.655. The molecule has 0 unspecified atom stereocenters. The molecule has 0 saturated heterocycles. The Morgan fingerprint density at radius 3 is 2.81 bits per heavy atom. The van der Waals surface area contributed by atoms with Gasteiger partial charge in [0.05, 0.1) is 13.2 Å². The largest absolute Gasteiger partial charge is 0.395 e. The Kier molecular flexibility index (Phi) is 5.29. The van der Waals surface area contributed by atoms with Crippen molar-refractivity contribution in [2.75, 3.05) is 13.2 Å². The van der Waals surface area contributed by atoms with Crippen molar-refractivity contribution in [3.8, 4) is 11.8 Å². The lowest BCUT2D eigenvalue weighted by molar-refractivity contribution is -0.120. The molecule has 0 radical (unpaired) electrons. The maximum Gasteiger partial charge on any atom is 0.270 e. The molecule has 0 aromatic carbocycles. The van der Waals surface area contributed by atoms with E-state index >= 15 is 0 Å². The van der Waals surface area contributed by atoms with Gasteiger partial charge in [-0.25, -0.2) is 4.98 Å². The van der Waals surface area contributed by atoms with Crippen molar-refractivity contribution in [3.05, 3.63) is 29.6 Å². The van der Waals surface area contributed by atoms with Crippen molar-refractivity contribution in [3.63, 3.8) is 0 Å². The summed E-state index contributed by atoms with van der Waals surface area (Å²) in [5, 5.41) is 13.9. The second kappa shape index (κ2) is 7.41. The number of nitrogens with one attached hydrogen (secondary N) is 2. The predicted molar refractivity (Wildman–Crippen MR) is 76.3 cm³/mol. The smallest absolute Gasteiger partial charge is 0.270 e. The molecule has 3 N–H and O–H groups in total. The van der Waals surface area contributed by atoms with E-state index in [9.17, 15) is 9.59 Å². The minimum Gasteiger partial charge on any atom is -0.395 e. The normalized spacial score (nSPS) is 13.0. The molecule has 0 spiro atoms. The summed E-state index contributed by atoms with van der Waals surface area (Å²) < 4.78 is 0. The molecule has 1 aliphatic rings. The van der Waals surface area contributed by atoms with Crippen molar-refractivity contribution in [1.82, 2.24) is 15.6 Å². The number of nitrogens with zero attached hydrogens (tertiary/aromatic N) is 1. The summed E-state index contributed by atoms with van der Waals surface area (Å²) in [6.45, 7) is -0.0289. The number of rotatable bonds is 5. The van der Waals surface area contributed by atoms with Gasteiger partial charge in [0.25, 0.3) is 5.91 Å². The fraction of sp³-hybridized carbons (Fsp3) is 0.400. The van der Waals surface area contributed by atoms with Gasteiger partial charge < -0.3 is 15.7 Å². The third-order valence-electron chi connectivity index (χ3n) is 2.82. The second-order valence-corrected chi connectivity index (χ2v) is 4.73. The van der Waals surface area contributed by atoms with Crippen molar-refractivity contribution in [2.24, 2.45) is 0 Å². The van der Waals surface area contributed by atoms with E-state index in [1.807, 2.05) is 0 Å². The molecule has 1 aliphatic carbocycles. The molecule has 2 rings (SSSR count). The molecular formula is C15H17N3O3. The highest BCUT2D eigenvalue weighted by Crippen LogP contribution is 2.18. The molecule has 2 amide bonds. The highest BCUT2D eigenvalue weighted by Gasteiger charge is 2.23. The topological polar surface area (TPSA) is 91.3 Å². The highest BCUT2D eigenvalue weighted by atomic mass is 16.2. The highest BCUT2D eigenvalue weighted by molar-refractivity contribution is 5.94. The Labute approximate surface area is 123 Å². The molecule has 6 nitrogen and oxygen atoms in total. The van der Waals surface area contributed by atoms with Crippen LogP contribution in [0.15, 0.2) is 18.3 Å². The average Bonchev–Trinajstić information content (AvgIpc) is 3.30. The fourth-order valence-corrected chi connectivity index (χ4v) is 1.58. The Hall–Kier alpha value is -2.39. The Bertz CT molecular complexity index is 568. The molecule has 1 heterocycles. The maximum absolute atomic E-state index is 11.8. The van der Waals surface area contributed by atoms with Crippen LogP contribution in [0.1, 0.15) is 35.3 Å². The molecule has 21 heavy (non-hydrogen) atoms. The van der Waals surface area contributed by atoms with Crippen LogP contribution in [-0.2, 0) is 4.79 Å². The van der Waals surface area contributed by atoms with Crippen LogP contribution in [-0.4, -0.2) is 41.1 Å². The van der Waals surface area contributed by atoms with E-state index in [1.165, 1.54) is 6.20 Å². The number of aromatic nitrogens is 1. The number of hydrogen-bond donors (Lipinski definition) is 3. The molecule has 1 saturated carbocycles. The average molecular weight is 287 g/mol. The van der Waals surface area contributed by atoms with Gasteiger partial charge in [0.1, 0.15) is 5.69 Å². The van der Waals surface area contributed by atoms with E-state index in [1.54, 1.807) is 12.1 Å². The summed E-state index contributed by atoms with van der Waals surface area (Å²) in [4.78, 5) is 27.2. The minimum atomic E-state index is -0.393. The van der Waals surface area contributed by atoms with Crippen LogP contribution in [0.25, 0.3) is 0 Å². The van der Waals surface area contributed by atoms with Crippen LogP contribution in [0.5, 0.6) is 0 Å². The fourth-order valence-electron chi connectivity index (χ4n) is 1.58. The number of pyridine rings is 1. The lowest BCUT2D eigenvalue weighted by Gasteiger charge is -2.05. The van der Waals surface area contributed by atoms with Crippen molar-refractivity contribution < 1.29 is 14.7 Å². The first-order chi connectivity index (χ1) is 10.2. The summed E-state index contributed by atoms with van der Waals surface area (Å²) in [5.41, 5.74) is 0.911. The summed E-state index contributed by atoms with van der Waals surface area (Å²) in [5.74, 6) is 5.02. The summed E-state index contributed by atoms with van der Waals surface area (Å²) in [7, 11) is 0. The van der Waals surface area contributed by atoms with E-state index in [4.69, 9.17) is 5.11 Å². The molecule has 6 heteroatoms. The number of carbonyl (C=O) groups is 2. The summed E-state index contributed by atoms with van der Waals surface area (Å²) in [6.07, 6.45) is 3.92. The minimum absolute atomic E-state index is 0.0177. The van der Waals surface area contributed by atoms with E-state index in [0.29, 0.717) is 12.0 Å². The number of aliphatic hydroxyl groups is 1. The van der Waals surface area contributed by atoms with Gasteiger partial charge in [-0.3, -0.25) is 9.59 Å². The third-order valence-corrected chi connectivity index (χ3v) is 2.82. The van der Waals surface area contributed by atoms with Gasteiger partial charge in [0.15, 0.2) is 0 Å². The molecule has 1 aromatic rings. The van der Waals surface area contributed by atoms with Crippen LogP contribution >= 0.6 is 0 Å². The molecule has 0 aliphatic heterocycles. The monoisotopic (exact) mass is 287 g/mol. The molecular weight excluding hydrogens is 270 g/mol. The first kappa shape index (κ1) is 15.0. The SMILES string of the molecule is O=C(CNC(=O)c1ccc(C#CCCO)cn1)NC1CC1. The zero-order chi connectivity index (χ0) is 15.1. The molecule has 110 valence electrons. The Morgan fingerprint density at radius 1 is 1.38 bits per heavy atom. The van der Waals surface area contributed by atoms with E-state index in [2.05, 4.69) is 27.5 Å². The molecule has 1 fully saturated rings. The van der Waals surface area contributed by atoms with Crippen LogP contribution in [0, 0.1) is 11.8 Å². The summed E-state index contributed by atoms with van der Waals surface area (Å²) in [6, 6.07) is 3.51. The van der Waals surface area contributed by atoms with E-state index in [-0.39, 0.29) is 30.8 Å². The van der Waals surface area contributed by atoms with Gasteiger partial charge in [0.2, 0.25) is 5.91 Å². The van der Waals surface area contributed by atoms with E-state index < -0.39 is 5.91 Å². The number of amides is 2. The van der Waals surface area contributed by atoms with Crippen LogP contribution in [0.4, 0.5) is 0 Å². The first-order valence-corrected chi connectivity index (χ1v) is 6.82. The second-order valence-electron chi connectivity index (χ2n) is 4.73. The zero-order valence-corrected chi connectivity index (χ0v) is 11.6. The summed E-state index contributed by atoms with van der Waals surface area (Å²) >= 11 is 0. The number of hydrogen-bond acceptors (Lipinski definition) is 4. The van der Waals surface area contributed by atoms with E-state index in [0.717, 1.165) is 12.8 Å². The number of aliphatic hydroxyl groups excluding tert-OH is 1. The van der Waals surface area contributed by atoms with Gasteiger partial charge in [-0.05, 0) is 25.0 Å². The zero-order valence-electron chi connectivity index (χ0n) is 11.6. The van der Waals surface area contributed by atoms with Crippen molar-refractivity contribution in [2.45, 2.75) is 25.3 Å². The van der Waals surface area contributed by atoms with Gasteiger partial charge in [-0.15, -0.1) is 0 Å². The lowest BCUT2D eigenvalue weighted by Crippen LogP contribution is -2.38. The van der Waals surface area contributed by atoms with Gasteiger partial charge in [-0.2, -0.15) is 0 Å². The Balaban J connectivity index is 1.81. The third kappa shape index (κ3) is 5.24. The van der Waals surface area contributed by atoms with Gasteiger partial charge in [-0.1, -0.05) is 11.8 Å². The lowest BCUT2D eigenvalue weighted by atomic mass is 10.2. The first-order valence-electron chi connectivity index (χ1n) is 6.82. The van der Waals surface area contributed by atoms with Gasteiger partial charge >= 0.3 is 0 Å². The van der Waals surface area contributed by atoms with Crippen LogP contribution in [0.3, 0.4) is 0 Å². The standard InChI is InChI=1S/C15H17N3O3/c19-8-2-1-3-11-4-7-13(16-9-11)15(21)17-10-14(20)18-12-5-6-12/h4,7,9,12,19H,2,5-6,8,10H2,(H,17,21)(H,18,20). The van der Waals surface area contributed by atoms with Crippen molar-refractivity contribution in [1.29, 1.82) is 0 Å². The predicted octanol–water partition coefficient (Wildman–Crippen LogP) is -0.176. The molecule has 1 aromatic heterocycles. The van der Waals surface area contributed by atoms with Crippen LogP contribution in [0.2, 0.25) is 0 Å². The van der Waals surface area contributed by atoms with Crippen LogP contribution < -0.4 is 10.6 Å². The molecule has 0 bridgehead atoms. The van der Waals surface area contributed by atoms with Crippen molar-refractivity contribution >= 4 is 11.8 Å². The van der Waals surface area contributed by atoms with Gasteiger partial charge in [0, 0.05) is 24.2 Å².